The molecule has 12 heteroatoms. The van der Waals surface area contributed by atoms with Crippen LogP contribution in [-0.4, -0.2) is 39.3 Å². The van der Waals surface area contributed by atoms with E-state index in [9.17, 15) is 22.0 Å². The molecule has 0 radical (unpaired) electrons. The molecule has 1 N–H and O–H groups in total. The molecule has 1 amide bonds. The highest BCUT2D eigenvalue weighted by Crippen LogP contribution is 2.37. The summed E-state index contributed by atoms with van der Waals surface area (Å²) in [6, 6.07) is 17.6. The van der Waals surface area contributed by atoms with E-state index in [0.717, 1.165) is 30.2 Å². The number of nitrogens with zero attached hydrogens (tertiary/aromatic N) is 2. The monoisotopic (exact) mass is 595 g/mol. The van der Waals surface area contributed by atoms with Crippen molar-refractivity contribution in [1.29, 1.82) is 0 Å². The van der Waals surface area contributed by atoms with Gasteiger partial charge < -0.3 is 19.1 Å². The molecule has 1 atom stereocenters. The molecule has 1 aliphatic rings. The Bertz CT molecular complexity index is 1660. The molecule has 1 aliphatic heterocycles. The van der Waals surface area contributed by atoms with E-state index in [1.807, 2.05) is 33.9 Å². The molecule has 4 aromatic rings. The molecule has 1 unspecified atom stereocenters. The average molecular weight is 596 g/mol. The van der Waals surface area contributed by atoms with Gasteiger partial charge in [0.25, 0.3) is 15.9 Å². The average Bonchev–Trinajstić information content (AvgIpc) is 3.51. The van der Waals surface area contributed by atoms with E-state index < -0.39 is 32.5 Å². The molecule has 0 saturated carbocycles. The largest absolute Gasteiger partial charge is 0.493 e. The minimum Gasteiger partial charge on any atom is -0.493 e. The van der Waals surface area contributed by atoms with Crippen LogP contribution in [0.15, 0.2) is 90.1 Å². The van der Waals surface area contributed by atoms with Gasteiger partial charge in [0.2, 0.25) is 0 Å². The van der Waals surface area contributed by atoms with Crippen LogP contribution in [0.2, 0.25) is 0 Å². The zero-order chi connectivity index (χ0) is 29.7. The molecule has 42 heavy (non-hydrogen) atoms. The van der Waals surface area contributed by atoms with E-state index in [1.165, 1.54) is 12.1 Å². The highest BCUT2D eigenvalue weighted by Gasteiger charge is 2.23. The molecule has 9 nitrogen and oxygen atoms in total. The summed E-state index contributed by atoms with van der Waals surface area (Å²) in [7, 11) is -2.88. The van der Waals surface area contributed by atoms with E-state index in [2.05, 4.69) is 4.98 Å². The molecule has 218 valence electrons. The van der Waals surface area contributed by atoms with Crippen molar-refractivity contribution in [3.8, 4) is 11.5 Å². The Labute approximate surface area is 241 Å². The Morgan fingerprint density at radius 1 is 1.02 bits per heavy atom. The number of sulfonamides is 1. The topological polar surface area (TPSA) is 107 Å². The van der Waals surface area contributed by atoms with Crippen molar-refractivity contribution >= 4 is 27.3 Å². The van der Waals surface area contributed by atoms with Crippen LogP contribution in [0.4, 0.5) is 20.2 Å². The number of methoxy groups -OCH3 is 1. The third-order valence-electron chi connectivity index (χ3n) is 6.54. The lowest BCUT2D eigenvalue weighted by molar-refractivity contribution is -0.0402. The van der Waals surface area contributed by atoms with Gasteiger partial charge in [0, 0.05) is 48.4 Å². The zero-order valence-electron chi connectivity index (χ0n) is 22.5. The lowest BCUT2D eigenvalue weighted by Crippen LogP contribution is -2.30. The number of aromatic nitrogens is 1. The van der Waals surface area contributed by atoms with E-state index in [-0.39, 0.29) is 11.9 Å². The van der Waals surface area contributed by atoms with Crippen molar-refractivity contribution in [2.75, 3.05) is 18.6 Å². The molecular formula is C30H27F2N3O6S. The minimum absolute atomic E-state index is 0.0448. The first-order chi connectivity index (χ1) is 20.2. The van der Waals surface area contributed by atoms with Crippen molar-refractivity contribution in [3.05, 3.63) is 108 Å². The summed E-state index contributed by atoms with van der Waals surface area (Å²) in [4.78, 5) is 18.4. The van der Waals surface area contributed by atoms with Crippen molar-refractivity contribution in [1.82, 2.24) is 9.71 Å². The quantitative estimate of drug-likeness (QED) is 0.262. The van der Waals surface area contributed by atoms with Crippen LogP contribution in [0.1, 0.15) is 28.8 Å². The van der Waals surface area contributed by atoms with Crippen LogP contribution < -0.4 is 19.1 Å². The Kier molecular flexibility index (Phi) is 8.64. The van der Waals surface area contributed by atoms with E-state index >= 15 is 0 Å². The second-order valence-corrected chi connectivity index (χ2v) is 11.1. The number of nitrogens with one attached hydrogen (secondary N) is 1. The fourth-order valence-corrected chi connectivity index (χ4v) is 5.38. The molecule has 0 spiro atoms. The number of hydrogen-bond donors (Lipinski definition) is 1. The summed E-state index contributed by atoms with van der Waals surface area (Å²) in [5, 5.41) is 0. The zero-order valence-corrected chi connectivity index (χ0v) is 23.3. The molecule has 1 aromatic heterocycles. The summed E-state index contributed by atoms with van der Waals surface area (Å²) in [5.41, 5.74) is 2.40. The molecular weight excluding hydrogens is 568 g/mol. The molecule has 5 rings (SSSR count). The molecule has 0 aliphatic carbocycles. The molecule has 0 bridgehead atoms. The van der Waals surface area contributed by atoms with Crippen molar-refractivity contribution < 1.29 is 36.2 Å². The van der Waals surface area contributed by atoms with Crippen LogP contribution in [0.5, 0.6) is 11.5 Å². The Morgan fingerprint density at radius 3 is 2.48 bits per heavy atom. The number of rotatable bonds is 10. The molecule has 1 saturated heterocycles. The fraction of sp³-hybridized carbons (Fsp3) is 0.200. The number of ether oxygens (including phenoxy) is 3. The predicted octanol–water partition coefficient (Wildman–Crippen LogP) is 5.34. The van der Waals surface area contributed by atoms with Gasteiger partial charge in [-0.1, -0.05) is 6.07 Å². The van der Waals surface area contributed by atoms with E-state index in [4.69, 9.17) is 14.2 Å². The van der Waals surface area contributed by atoms with Crippen LogP contribution >= 0.6 is 0 Å². The highest BCUT2D eigenvalue weighted by atomic mass is 32.2. The first-order valence-electron chi connectivity index (χ1n) is 13.0. The van der Waals surface area contributed by atoms with Crippen molar-refractivity contribution in [2.45, 2.75) is 30.6 Å². The maximum absolute atomic E-state index is 13.6. The third-order valence-corrected chi connectivity index (χ3v) is 7.87. The summed E-state index contributed by atoms with van der Waals surface area (Å²) >= 11 is 0. The minimum atomic E-state index is -4.44. The summed E-state index contributed by atoms with van der Waals surface area (Å²) < 4.78 is 71.1. The van der Waals surface area contributed by atoms with Gasteiger partial charge in [-0.05, 0) is 72.6 Å². The number of hydrogen-bond acceptors (Lipinski definition) is 8. The highest BCUT2D eigenvalue weighted by molar-refractivity contribution is 7.90. The van der Waals surface area contributed by atoms with Crippen LogP contribution in [0, 0.1) is 11.6 Å². The van der Waals surface area contributed by atoms with Gasteiger partial charge in [0.15, 0.2) is 29.4 Å². The number of carbonyl (C=O) groups excluding carboxylic acids is 1. The molecule has 1 fully saturated rings. The normalized spacial score (nSPS) is 14.8. The maximum atomic E-state index is 13.6. The number of pyridine rings is 1. The number of carbonyl (C=O) groups is 1. The Balaban J connectivity index is 1.42. The number of benzene rings is 3. The SMILES string of the molecule is COc1ccc(N(Cc2cccnc2)c2ccc(C(=O)NS(=O)(=O)c3ccc(F)c(F)c3)cc2)cc1OC1CCCO1. The van der Waals surface area contributed by atoms with E-state index in [0.29, 0.717) is 42.5 Å². The second-order valence-electron chi connectivity index (χ2n) is 9.40. The molecule has 3 aromatic carbocycles. The number of amides is 1. The predicted molar refractivity (Wildman–Crippen MR) is 150 cm³/mol. The van der Waals surface area contributed by atoms with Gasteiger partial charge in [0.05, 0.1) is 18.6 Å². The van der Waals surface area contributed by atoms with Crippen LogP contribution in [0.3, 0.4) is 0 Å². The second kappa shape index (κ2) is 12.5. The van der Waals surface area contributed by atoms with Crippen molar-refractivity contribution in [3.63, 3.8) is 0 Å². The van der Waals surface area contributed by atoms with Gasteiger partial charge in [-0.3, -0.25) is 9.78 Å². The first-order valence-corrected chi connectivity index (χ1v) is 14.5. The van der Waals surface area contributed by atoms with Gasteiger partial charge in [-0.2, -0.15) is 0 Å². The number of halogens is 2. The van der Waals surface area contributed by atoms with Crippen molar-refractivity contribution in [2.24, 2.45) is 0 Å². The fourth-order valence-electron chi connectivity index (χ4n) is 4.39. The molecule has 2 heterocycles. The first kappa shape index (κ1) is 29.0. The number of anilines is 2. The maximum Gasteiger partial charge on any atom is 0.264 e. The smallest absolute Gasteiger partial charge is 0.264 e. The summed E-state index contributed by atoms with van der Waals surface area (Å²) in [6.45, 7) is 1.04. The van der Waals surface area contributed by atoms with Gasteiger partial charge >= 0.3 is 0 Å². The summed E-state index contributed by atoms with van der Waals surface area (Å²) in [6.07, 6.45) is 4.72. The third kappa shape index (κ3) is 6.67. The lowest BCUT2D eigenvalue weighted by atomic mass is 10.1. The summed E-state index contributed by atoms with van der Waals surface area (Å²) in [5.74, 6) is -2.41. The van der Waals surface area contributed by atoms with Gasteiger partial charge in [-0.25, -0.2) is 21.9 Å². The standard InChI is InChI=1S/C30H27F2N3O6S/c1-39-27-13-10-23(16-28(27)41-29-5-3-15-40-29)35(19-20-4-2-14-33-18-20)22-8-6-21(7-9-22)30(36)34-42(37,38)24-11-12-25(31)26(32)17-24/h2,4,6-14,16-18,29H,3,5,15,19H2,1H3,(H,34,36). The van der Waals surface area contributed by atoms with E-state index in [1.54, 1.807) is 37.7 Å². The van der Waals surface area contributed by atoms with Gasteiger partial charge in [-0.15, -0.1) is 0 Å². The lowest BCUT2D eigenvalue weighted by Gasteiger charge is -2.27. The van der Waals surface area contributed by atoms with Gasteiger partial charge in [0.1, 0.15) is 0 Å². The van der Waals surface area contributed by atoms with Crippen LogP contribution in [0.25, 0.3) is 0 Å². The Hall–Kier alpha value is -4.55. The van der Waals surface area contributed by atoms with Crippen LogP contribution in [-0.2, 0) is 21.3 Å². The Morgan fingerprint density at radius 2 is 1.81 bits per heavy atom.